The summed E-state index contributed by atoms with van der Waals surface area (Å²) in [6.45, 7) is 1.63. The molecule has 6 heteroatoms. The van der Waals surface area contributed by atoms with E-state index in [1.165, 1.54) is 0 Å². The minimum Gasteiger partial charge on any atom is -0.386 e. The molecule has 21 heavy (non-hydrogen) atoms. The van der Waals surface area contributed by atoms with E-state index in [1.54, 1.807) is 0 Å². The van der Waals surface area contributed by atoms with Gasteiger partial charge in [0.15, 0.2) is 5.96 Å². The van der Waals surface area contributed by atoms with Crippen LogP contribution in [0, 0.1) is 11.3 Å². The van der Waals surface area contributed by atoms with Gasteiger partial charge in [-0.3, -0.25) is 10.2 Å². The number of nitrogens with one attached hydrogen (secondary N) is 1. The van der Waals surface area contributed by atoms with Gasteiger partial charge in [-0.25, -0.2) is 0 Å². The largest absolute Gasteiger partial charge is 0.386 e. The lowest BCUT2D eigenvalue weighted by Crippen LogP contribution is -2.42. The summed E-state index contributed by atoms with van der Waals surface area (Å²) < 4.78 is 5.19. The van der Waals surface area contributed by atoms with Gasteiger partial charge >= 0.3 is 5.97 Å². The first-order valence-electron chi connectivity index (χ1n) is 7.16. The summed E-state index contributed by atoms with van der Waals surface area (Å²) in [4.78, 5) is 14.5. The van der Waals surface area contributed by atoms with Crippen LogP contribution in [-0.2, 0) is 8.98 Å². The Morgan fingerprint density at radius 3 is 2.62 bits per heavy atom. The number of rotatable bonds is 5. The summed E-state index contributed by atoms with van der Waals surface area (Å²) in [5.74, 6) is 0.500. The first-order valence-corrected chi connectivity index (χ1v) is 7.90. The van der Waals surface area contributed by atoms with Crippen molar-refractivity contribution in [1.82, 2.24) is 4.90 Å². The first kappa shape index (κ1) is 15.7. The van der Waals surface area contributed by atoms with E-state index >= 15 is 0 Å². The van der Waals surface area contributed by atoms with Crippen LogP contribution in [-0.4, -0.2) is 29.9 Å². The van der Waals surface area contributed by atoms with Gasteiger partial charge in [0, 0.05) is 24.4 Å². The molecular weight excluding hydrogens is 286 g/mol. The van der Waals surface area contributed by atoms with Gasteiger partial charge in [0.05, 0.1) is 12.0 Å². The Kier molecular flexibility index (Phi) is 5.92. The number of hydrogen-bond acceptors (Lipinski definition) is 4. The van der Waals surface area contributed by atoms with E-state index in [-0.39, 0.29) is 11.9 Å². The van der Waals surface area contributed by atoms with Crippen molar-refractivity contribution in [3.63, 3.8) is 0 Å². The molecular formula is C15H21N3O2S. The Balaban J connectivity index is 1.62. The van der Waals surface area contributed by atoms with Crippen molar-refractivity contribution in [2.75, 3.05) is 13.1 Å². The topological polar surface area (TPSA) is 79.4 Å². The molecule has 1 fully saturated rings. The molecule has 0 saturated carbocycles. The molecule has 2 rings (SSSR count). The molecule has 0 bridgehead atoms. The van der Waals surface area contributed by atoms with Gasteiger partial charge in [-0.1, -0.05) is 18.2 Å². The summed E-state index contributed by atoms with van der Waals surface area (Å²) in [6.07, 6.45) is 3.27. The zero-order valence-corrected chi connectivity index (χ0v) is 12.8. The lowest BCUT2D eigenvalue weighted by molar-refractivity contribution is -0.133. The molecule has 114 valence electrons. The van der Waals surface area contributed by atoms with E-state index < -0.39 is 0 Å². The summed E-state index contributed by atoms with van der Waals surface area (Å²) >= 11 is 1.12. The van der Waals surface area contributed by atoms with Gasteiger partial charge < -0.3 is 14.8 Å². The third kappa shape index (κ3) is 5.30. The first-order chi connectivity index (χ1) is 10.1. The highest BCUT2D eigenvalue weighted by atomic mass is 32.2. The predicted molar refractivity (Wildman–Crippen MR) is 83.8 cm³/mol. The summed E-state index contributed by atoms with van der Waals surface area (Å²) in [7, 11) is 0. The van der Waals surface area contributed by atoms with Crippen LogP contribution in [0.4, 0.5) is 0 Å². The number of nitrogens with two attached hydrogens (primary N) is 1. The lowest BCUT2D eigenvalue weighted by Gasteiger charge is -2.31. The zero-order valence-electron chi connectivity index (χ0n) is 12.0. The second-order valence-electron chi connectivity index (χ2n) is 5.21. The van der Waals surface area contributed by atoms with E-state index in [2.05, 4.69) is 0 Å². The highest BCUT2D eigenvalue weighted by Gasteiger charge is 2.20. The van der Waals surface area contributed by atoms with Crippen LogP contribution in [0.2, 0.25) is 0 Å². The molecule has 1 heterocycles. The Labute approximate surface area is 129 Å². The maximum Gasteiger partial charge on any atom is 0.318 e. The molecule has 0 atom stereocenters. The van der Waals surface area contributed by atoms with Gasteiger partial charge in [-0.2, -0.15) is 0 Å². The Bertz CT molecular complexity index is 473. The van der Waals surface area contributed by atoms with Crippen LogP contribution >= 0.6 is 12.0 Å². The number of benzene rings is 1. The molecule has 1 aliphatic heterocycles. The Hall–Kier alpha value is -1.69. The Morgan fingerprint density at radius 1 is 1.33 bits per heavy atom. The van der Waals surface area contributed by atoms with Crippen molar-refractivity contribution in [1.29, 1.82) is 5.41 Å². The van der Waals surface area contributed by atoms with E-state index in [4.69, 9.17) is 15.3 Å². The van der Waals surface area contributed by atoms with Gasteiger partial charge in [-0.15, -0.1) is 0 Å². The number of carbonyl (C=O) groups excluding carboxylic acids is 1. The van der Waals surface area contributed by atoms with Gasteiger partial charge in [-0.05, 0) is 37.3 Å². The average molecular weight is 307 g/mol. The molecule has 0 radical (unpaired) electrons. The lowest BCUT2D eigenvalue weighted by atomic mass is 9.92. The fourth-order valence-electron chi connectivity index (χ4n) is 2.40. The zero-order chi connectivity index (χ0) is 15.1. The summed E-state index contributed by atoms with van der Waals surface area (Å²) in [5, 5.41) is 7.39. The van der Waals surface area contributed by atoms with Crippen molar-refractivity contribution in [2.45, 2.75) is 30.6 Å². The number of guanidine groups is 1. The van der Waals surface area contributed by atoms with Crippen LogP contribution in [0.15, 0.2) is 35.2 Å². The predicted octanol–water partition coefficient (Wildman–Crippen LogP) is 2.62. The smallest absolute Gasteiger partial charge is 0.318 e. The number of carbonyl (C=O) groups is 1. The maximum atomic E-state index is 11.7. The molecule has 3 N–H and O–H groups in total. The van der Waals surface area contributed by atoms with Crippen molar-refractivity contribution in [3.8, 4) is 0 Å². The van der Waals surface area contributed by atoms with E-state index in [0.717, 1.165) is 49.3 Å². The number of piperidine rings is 1. The molecule has 0 spiro atoms. The monoisotopic (exact) mass is 307 g/mol. The van der Waals surface area contributed by atoms with Crippen molar-refractivity contribution < 1.29 is 8.98 Å². The second-order valence-corrected chi connectivity index (χ2v) is 6.01. The summed E-state index contributed by atoms with van der Waals surface area (Å²) in [6, 6.07) is 9.59. The van der Waals surface area contributed by atoms with Gasteiger partial charge in [0.25, 0.3) is 0 Å². The highest BCUT2D eigenvalue weighted by Crippen LogP contribution is 2.24. The molecule has 0 unspecified atom stereocenters. The van der Waals surface area contributed by atoms with Crippen molar-refractivity contribution in [3.05, 3.63) is 30.3 Å². The second kappa shape index (κ2) is 7.93. The van der Waals surface area contributed by atoms with Crippen LogP contribution in [0.3, 0.4) is 0 Å². The van der Waals surface area contributed by atoms with Crippen LogP contribution < -0.4 is 5.73 Å². The molecule has 0 amide bonds. The number of likely N-dealkylation sites (tertiary alicyclic amines) is 1. The minimum atomic E-state index is -0.169. The fraction of sp³-hybridized carbons (Fsp3) is 0.467. The molecule has 1 saturated heterocycles. The maximum absolute atomic E-state index is 11.7. The molecule has 1 aromatic carbocycles. The third-order valence-electron chi connectivity index (χ3n) is 3.69. The van der Waals surface area contributed by atoms with Crippen molar-refractivity contribution >= 4 is 24.0 Å². The number of nitrogens with zero attached hydrogens (tertiary/aromatic N) is 1. The van der Waals surface area contributed by atoms with Crippen LogP contribution in [0.25, 0.3) is 0 Å². The SMILES string of the molecule is N=C(N)N1CCC(CCC(=O)OSc2ccccc2)CC1. The highest BCUT2D eigenvalue weighted by molar-refractivity contribution is 7.95. The normalized spacial score (nSPS) is 15.7. The molecule has 1 aliphatic rings. The fourth-order valence-corrected chi connectivity index (χ4v) is 2.94. The number of hydrogen-bond donors (Lipinski definition) is 2. The molecule has 0 aromatic heterocycles. The molecule has 1 aromatic rings. The quantitative estimate of drug-likeness (QED) is 0.496. The molecule has 0 aliphatic carbocycles. The van der Waals surface area contributed by atoms with Gasteiger partial charge in [0.1, 0.15) is 0 Å². The van der Waals surface area contributed by atoms with E-state index in [1.807, 2.05) is 35.2 Å². The van der Waals surface area contributed by atoms with Crippen LogP contribution in [0.1, 0.15) is 25.7 Å². The van der Waals surface area contributed by atoms with Crippen molar-refractivity contribution in [2.24, 2.45) is 11.7 Å². The molecule has 5 nitrogen and oxygen atoms in total. The van der Waals surface area contributed by atoms with E-state index in [0.29, 0.717) is 12.3 Å². The van der Waals surface area contributed by atoms with E-state index in [9.17, 15) is 4.79 Å². The van der Waals surface area contributed by atoms with Crippen LogP contribution in [0.5, 0.6) is 0 Å². The third-order valence-corrected chi connectivity index (χ3v) is 4.42. The standard InChI is InChI=1S/C15H21N3O2S/c16-15(17)18-10-8-12(9-11-18)6-7-14(19)20-21-13-4-2-1-3-5-13/h1-5,12H,6-11H2,(H3,16,17). The summed E-state index contributed by atoms with van der Waals surface area (Å²) in [5.41, 5.74) is 5.46. The average Bonchev–Trinajstić information content (AvgIpc) is 2.52. The minimum absolute atomic E-state index is 0.145. The van der Waals surface area contributed by atoms with Gasteiger partial charge in [0.2, 0.25) is 0 Å². The Morgan fingerprint density at radius 2 is 2.00 bits per heavy atom.